The monoisotopic (exact) mass is 359 g/mol. The lowest BCUT2D eigenvalue weighted by Crippen LogP contribution is -3.08. The van der Waals surface area contributed by atoms with Gasteiger partial charge >= 0.3 is 0 Å². The number of anilines is 1. The van der Waals surface area contributed by atoms with Gasteiger partial charge in [-0.1, -0.05) is 62.7 Å². The number of nitrogens with one attached hydrogen (secondary N) is 2. The minimum absolute atomic E-state index is 0.0104. The molecule has 0 aromatic heterocycles. The van der Waals surface area contributed by atoms with Gasteiger partial charge in [0.25, 0.3) is 5.91 Å². The largest absolute Gasteiger partial charge is 0.326 e. The third-order valence-electron chi connectivity index (χ3n) is 4.24. The Balaban J connectivity index is 1.89. The average molecular weight is 360 g/mol. The Labute approximate surface area is 156 Å². The predicted molar refractivity (Wildman–Crippen MR) is 105 cm³/mol. The highest BCUT2D eigenvalue weighted by Gasteiger charge is 2.15. The number of rotatable bonds is 5. The molecule has 0 heterocycles. The van der Waals surface area contributed by atoms with Crippen LogP contribution in [0.25, 0.3) is 0 Å². The van der Waals surface area contributed by atoms with Crippen LogP contribution in [0, 0.1) is 6.92 Å². The fourth-order valence-corrected chi connectivity index (χ4v) is 2.86. The first-order chi connectivity index (χ1) is 11.6. The number of carbonyl (C=O) groups excluding carboxylic acids is 1. The summed E-state index contributed by atoms with van der Waals surface area (Å²) in [4.78, 5) is 13.4. The Morgan fingerprint density at radius 3 is 2.32 bits per heavy atom. The quantitative estimate of drug-likeness (QED) is 0.840. The number of amides is 1. The summed E-state index contributed by atoms with van der Waals surface area (Å²) in [6, 6.07) is 14.2. The number of carbonyl (C=O) groups is 1. The van der Waals surface area contributed by atoms with E-state index >= 15 is 0 Å². The van der Waals surface area contributed by atoms with E-state index in [4.69, 9.17) is 11.6 Å². The highest BCUT2D eigenvalue weighted by molar-refractivity contribution is 6.31. The van der Waals surface area contributed by atoms with Crippen LogP contribution >= 0.6 is 11.6 Å². The van der Waals surface area contributed by atoms with Crippen molar-refractivity contribution in [3.63, 3.8) is 0 Å². The number of likely N-dealkylation sites (N-methyl/N-ethyl adjacent to an activating group) is 1. The molecule has 25 heavy (non-hydrogen) atoms. The van der Waals surface area contributed by atoms with Crippen LogP contribution in [0.3, 0.4) is 0 Å². The van der Waals surface area contributed by atoms with E-state index in [0.29, 0.717) is 11.6 Å². The van der Waals surface area contributed by atoms with Crippen LogP contribution in [0.5, 0.6) is 0 Å². The Kier molecular flexibility index (Phi) is 6.26. The van der Waals surface area contributed by atoms with Gasteiger partial charge in [0.2, 0.25) is 0 Å². The van der Waals surface area contributed by atoms with Crippen molar-refractivity contribution < 1.29 is 9.69 Å². The third kappa shape index (κ3) is 5.87. The van der Waals surface area contributed by atoms with Crippen LogP contribution in [0.2, 0.25) is 5.02 Å². The minimum Gasteiger partial charge on any atom is -0.326 e. The van der Waals surface area contributed by atoms with Gasteiger partial charge in [-0.25, -0.2) is 0 Å². The van der Waals surface area contributed by atoms with Crippen molar-refractivity contribution in [2.24, 2.45) is 0 Å². The zero-order chi connectivity index (χ0) is 18.6. The van der Waals surface area contributed by atoms with Crippen molar-refractivity contribution in [1.29, 1.82) is 0 Å². The highest BCUT2D eigenvalue weighted by Crippen LogP contribution is 2.22. The van der Waals surface area contributed by atoms with E-state index in [1.54, 1.807) is 6.07 Å². The molecule has 0 aliphatic heterocycles. The van der Waals surface area contributed by atoms with E-state index in [0.717, 1.165) is 22.7 Å². The molecule has 134 valence electrons. The van der Waals surface area contributed by atoms with Crippen LogP contribution in [0.15, 0.2) is 42.5 Å². The zero-order valence-corrected chi connectivity index (χ0v) is 16.5. The minimum atomic E-state index is -0.0104. The van der Waals surface area contributed by atoms with Gasteiger partial charge < -0.3 is 10.2 Å². The molecule has 0 radical (unpaired) electrons. The second-order valence-corrected chi connectivity index (χ2v) is 8.18. The number of hydrogen-bond donors (Lipinski definition) is 2. The highest BCUT2D eigenvalue weighted by atomic mass is 35.5. The summed E-state index contributed by atoms with van der Waals surface area (Å²) in [5, 5.41) is 3.58. The first-order valence-electron chi connectivity index (χ1n) is 8.62. The summed E-state index contributed by atoms with van der Waals surface area (Å²) in [7, 11) is 2.03. The van der Waals surface area contributed by atoms with Gasteiger partial charge in [0.15, 0.2) is 6.54 Å². The maximum absolute atomic E-state index is 12.2. The maximum Gasteiger partial charge on any atom is 0.279 e. The van der Waals surface area contributed by atoms with E-state index in [-0.39, 0.29) is 11.3 Å². The number of halogens is 1. The predicted octanol–water partition coefficient (Wildman–Crippen LogP) is 3.60. The van der Waals surface area contributed by atoms with E-state index in [2.05, 4.69) is 50.4 Å². The van der Waals surface area contributed by atoms with E-state index in [9.17, 15) is 4.79 Å². The van der Waals surface area contributed by atoms with Crippen LogP contribution in [-0.2, 0) is 16.8 Å². The molecule has 3 nitrogen and oxygen atoms in total. The van der Waals surface area contributed by atoms with Crippen molar-refractivity contribution in [3.8, 4) is 0 Å². The van der Waals surface area contributed by atoms with Gasteiger partial charge in [-0.3, -0.25) is 4.79 Å². The molecule has 1 atom stereocenters. The molecule has 0 aliphatic rings. The van der Waals surface area contributed by atoms with Gasteiger partial charge in [0, 0.05) is 16.3 Å². The average Bonchev–Trinajstić information content (AvgIpc) is 2.50. The van der Waals surface area contributed by atoms with Crippen molar-refractivity contribution in [3.05, 3.63) is 64.2 Å². The summed E-state index contributed by atoms with van der Waals surface area (Å²) < 4.78 is 0. The van der Waals surface area contributed by atoms with Crippen molar-refractivity contribution in [1.82, 2.24) is 0 Å². The van der Waals surface area contributed by atoms with Crippen molar-refractivity contribution in [2.45, 2.75) is 39.7 Å². The molecular weight excluding hydrogens is 332 g/mol. The normalized spacial score (nSPS) is 12.7. The second-order valence-electron chi connectivity index (χ2n) is 7.77. The molecule has 0 saturated carbocycles. The molecule has 0 spiro atoms. The standard InChI is InChI=1S/C21H27ClN2O/c1-15-6-11-18(12-19(15)22)23-20(25)14-24(5)13-16-7-9-17(10-8-16)21(2,3)4/h6-12H,13-14H2,1-5H3,(H,23,25)/p+1. The lowest BCUT2D eigenvalue weighted by Gasteiger charge is -2.19. The number of quaternary nitrogens is 1. The second kappa shape index (κ2) is 8.03. The van der Waals surface area contributed by atoms with Gasteiger partial charge in [-0.15, -0.1) is 0 Å². The van der Waals surface area contributed by atoms with Crippen LogP contribution in [0.4, 0.5) is 5.69 Å². The van der Waals surface area contributed by atoms with Gasteiger partial charge in [-0.05, 0) is 35.6 Å². The molecule has 2 aromatic rings. The Morgan fingerprint density at radius 1 is 1.12 bits per heavy atom. The van der Waals surface area contributed by atoms with E-state index in [1.807, 2.05) is 26.1 Å². The van der Waals surface area contributed by atoms with Gasteiger partial charge in [0.1, 0.15) is 6.54 Å². The topological polar surface area (TPSA) is 33.5 Å². The Bertz CT molecular complexity index is 733. The van der Waals surface area contributed by atoms with Gasteiger partial charge in [0.05, 0.1) is 7.05 Å². The lowest BCUT2D eigenvalue weighted by atomic mass is 9.87. The first-order valence-corrected chi connectivity index (χ1v) is 8.99. The molecule has 0 bridgehead atoms. The van der Waals surface area contributed by atoms with Crippen LogP contribution < -0.4 is 10.2 Å². The van der Waals surface area contributed by atoms with Crippen LogP contribution in [0.1, 0.15) is 37.5 Å². The fourth-order valence-electron chi connectivity index (χ4n) is 2.68. The summed E-state index contributed by atoms with van der Waals surface area (Å²) in [6.45, 7) is 9.79. The number of hydrogen-bond acceptors (Lipinski definition) is 1. The SMILES string of the molecule is Cc1ccc(NC(=O)C[NH+](C)Cc2ccc(C(C)(C)C)cc2)cc1Cl. The molecule has 2 N–H and O–H groups in total. The smallest absolute Gasteiger partial charge is 0.279 e. The molecule has 2 aromatic carbocycles. The summed E-state index contributed by atoms with van der Waals surface area (Å²) >= 11 is 6.10. The zero-order valence-electron chi connectivity index (χ0n) is 15.7. The molecule has 0 fully saturated rings. The molecular formula is C21H28ClN2O+. The molecule has 1 unspecified atom stereocenters. The van der Waals surface area contributed by atoms with Crippen molar-refractivity contribution >= 4 is 23.2 Å². The molecule has 4 heteroatoms. The number of benzene rings is 2. The van der Waals surface area contributed by atoms with Gasteiger partial charge in [-0.2, -0.15) is 0 Å². The maximum atomic E-state index is 12.2. The number of aryl methyl sites for hydroxylation is 1. The molecule has 0 saturated heterocycles. The molecule has 0 aliphatic carbocycles. The van der Waals surface area contributed by atoms with Crippen LogP contribution in [-0.4, -0.2) is 19.5 Å². The van der Waals surface area contributed by atoms with E-state index in [1.165, 1.54) is 11.1 Å². The van der Waals surface area contributed by atoms with Crippen molar-refractivity contribution in [2.75, 3.05) is 18.9 Å². The summed E-state index contributed by atoms with van der Waals surface area (Å²) in [6.07, 6.45) is 0. The Morgan fingerprint density at radius 2 is 1.76 bits per heavy atom. The fraction of sp³-hybridized carbons (Fsp3) is 0.381. The first kappa shape index (κ1) is 19.5. The lowest BCUT2D eigenvalue weighted by molar-refractivity contribution is -0.885. The molecule has 1 amide bonds. The summed E-state index contributed by atoms with van der Waals surface area (Å²) in [5.74, 6) is -0.0104. The van der Waals surface area contributed by atoms with E-state index < -0.39 is 0 Å². The Hall–Kier alpha value is -1.84. The third-order valence-corrected chi connectivity index (χ3v) is 4.65. The molecule has 2 rings (SSSR count). The summed E-state index contributed by atoms with van der Waals surface area (Å²) in [5.41, 5.74) is 4.45.